The minimum absolute atomic E-state index is 0.0826. The van der Waals surface area contributed by atoms with Crippen molar-refractivity contribution in [1.29, 1.82) is 0 Å². The number of hydrogen-bond acceptors (Lipinski definition) is 3. The lowest BCUT2D eigenvalue weighted by Crippen LogP contribution is -2.29. The van der Waals surface area contributed by atoms with E-state index in [2.05, 4.69) is 38.9 Å². The Morgan fingerprint density at radius 1 is 1.09 bits per heavy atom. The quantitative estimate of drug-likeness (QED) is 0.485. The number of pyridine rings is 2. The second-order valence-corrected chi connectivity index (χ2v) is 8.29. The first kappa shape index (κ1) is 21.6. The molecule has 6 nitrogen and oxygen atoms in total. The summed E-state index contributed by atoms with van der Waals surface area (Å²) in [6.07, 6.45) is 2.01. The number of carbonyl (C=O) groups is 1. The lowest BCUT2D eigenvalue weighted by atomic mass is 10.1. The van der Waals surface area contributed by atoms with E-state index in [-0.39, 0.29) is 30.5 Å². The maximum atomic E-state index is 12.9. The molecule has 3 aromatic heterocycles. The maximum absolute atomic E-state index is 12.9. The van der Waals surface area contributed by atoms with Gasteiger partial charge in [-0.3, -0.25) is 9.59 Å². The Morgan fingerprint density at radius 2 is 1.84 bits per heavy atom. The topological polar surface area (TPSA) is 79.8 Å². The van der Waals surface area contributed by atoms with Crippen molar-refractivity contribution in [1.82, 2.24) is 19.9 Å². The van der Waals surface area contributed by atoms with Crippen molar-refractivity contribution in [2.45, 2.75) is 46.7 Å². The molecule has 0 radical (unpaired) electrons. The van der Waals surface area contributed by atoms with Crippen molar-refractivity contribution in [3.05, 3.63) is 98.7 Å². The van der Waals surface area contributed by atoms with E-state index in [1.807, 2.05) is 57.2 Å². The highest BCUT2D eigenvalue weighted by Gasteiger charge is 2.21. The Labute approximate surface area is 187 Å². The minimum atomic E-state index is -0.156. The Bertz CT molecular complexity index is 1340. The van der Waals surface area contributed by atoms with Crippen LogP contribution in [0.2, 0.25) is 0 Å². The first-order chi connectivity index (χ1) is 15.4. The number of rotatable bonds is 6. The maximum Gasteiger partial charge on any atom is 0.253 e. The van der Waals surface area contributed by atoms with Crippen molar-refractivity contribution >= 4 is 16.9 Å². The Kier molecular flexibility index (Phi) is 5.95. The van der Waals surface area contributed by atoms with E-state index in [1.165, 1.54) is 5.56 Å². The van der Waals surface area contributed by atoms with Crippen LogP contribution in [0.1, 0.15) is 46.6 Å². The van der Waals surface area contributed by atoms with Crippen molar-refractivity contribution in [2.75, 3.05) is 0 Å². The fraction of sp³-hybridized carbons (Fsp3) is 0.269. The van der Waals surface area contributed by atoms with E-state index in [4.69, 9.17) is 0 Å². The fourth-order valence-corrected chi connectivity index (χ4v) is 4.41. The van der Waals surface area contributed by atoms with Gasteiger partial charge in [0.25, 0.3) is 5.56 Å². The zero-order valence-electron chi connectivity index (χ0n) is 18.9. The molecule has 0 aliphatic rings. The molecule has 0 spiro atoms. The number of nitrogens with one attached hydrogen (secondary N) is 2. The van der Waals surface area contributed by atoms with E-state index in [0.29, 0.717) is 5.56 Å². The highest BCUT2D eigenvalue weighted by Crippen LogP contribution is 2.31. The number of amides is 1. The highest BCUT2D eigenvalue weighted by atomic mass is 16.1. The van der Waals surface area contributed by atoms with Crippen LogP contribution < -0.4 is 10.9 Å². The summed E-state index contributed by atoms with van der Waals surface area (Å²) in [5.41, 5.74) is 6.15. The minimum Gasteiger partial charge on any atom is -0.352 e. The first-order valence-electron chi connectivity index (χ1n) is 10.8. The SMILES string of the molecule is Cc1cc(C)c(CNC(=O)Cc2c(C)n(C(C)c3ccccc3)c3ncccc23)c(=O)[nH]1. The largest absolute Gasteiger partial charge is 0.352 e. The van der Waals surface area contributed by atoms with Crippen LogP contribution in [0.3, 0.4) is 0 Å². The van der Waals surface area contributed by atoms with Crippen molar-refractivity contribution < 1.29 is 4.79 Å². The Balaban J connectivity index is 1.62. The number of H-pyrrole nitrogens is 1. The monoisotopic (exact) mass is 428 g/mol. The number of aromatic nitrogens is 3. The number of aromatic amines is 1. The van der Waals surface area contributed by atoms with Gasteiger partial charge in [0, 0.05) is 35.1 Å². The molecule has 1 aromatic carbocycles. The molecule has 3 heterocycles. The van der Waals surface area contributed by atoms with Gasteiger partial charge in [-0.25, -0.2) is 4.98 Å². The summed E-state index contributed by atoms with van der Waals surface area (Å²) in [6.45, 7) is 8.12. The van der Waals surface area contributed by atoms with Crippen LogP contribution in [0.25, 0.3) is 11.0 Å². The molecule has 0 aliphatic carbocycles. The van der Waals surface area contributed by atoms with Gasteiger partial charge < -0.3 is 14.9 Å². The third-order valence-corrected chi connectivity index (χ3v) is 6.10. The summed E-state index contributed by atoms with van der Waals surface area (Å²) < 4.78 is 2.20. The van der Waals surface area contributed by atoms with Crippen LogP contribution in [0.4, 0.5) is 0 Å². The predicted molar refractivity (Wildman–Crippen MR) is 127 cm³/mol. The zero-order valence-corrected chi connectivity index (χ0v) is 18.9. The molecule has 0 saturated heterocycles. The van der Waals surface area contributed by atoms with Crippen LogP contribution >= 0.6 is 0 Å². The second kappa shape index (κ2) is 8.83. The summed E-state index contributed by atoms with van der Waals surface area (Å²) in [5.74, 6) is -0.122. The van der Waals surface area contributed by atoms with E-state index < -0.39 is 0 Å². The number of aryl methyl sites for hydroxylation is 2. The van der Waals surface area contributed by atoms with Crippen molar-refractivity contribution in [3.8, 4) is 0 Å². The number of hydrogen-bond donors (Lipinski definition) is 2. The molecule has 164 valence electrons. The first-order valence-corrected chi connectivity index (χ1v) is 10.8. The highest BCUT2D eigenvalue weighted by molar-refractivity contribution is 5.89. The van der Waals surface area contributed by atoms with Gasteiger partial charge in [-0.05, 0) is 62.6 Å². The normalized spacial score (nSPS) is 12.1. The van der Waals surface area contributed by atoms with Crippen LogP contribution in [0.15, 0.2) is 59.5 Å². The van der Waals surface area contributed by atoms with Gasteiger partial charge in [0.1, 0.15) is 5.65 Å². The molecule has 0 saturated carbocycles. The summed E-state index contributed by atoms with van der Waals surface area (Å²) in [5, 5.41) is 3.90. The van der Waals surface area contributed by atoms with E-state index in [9.17, 15) is 9.59 Å². The van der Waals surface area contributed by atoms with E-state index in [0.717, 1.165) is 33.5 Å². The second-order valence-electron chi connectivity index (χ2n) is 8.29. The molecule has 6 heteroatoms. The van der Waals surface area contributed by atoms with E-state index in [1.54, 1.807) is 6.20 Å². The molecule has 1 amide bonds. The molecule has 0 aliphatic heterocycles. The van der Waals surface area contributed by atoms with Gasteiger partial charge in [0.05, 0.1) is 12.5 Å². The van der Waals surface area contributed by atoms with Gasteiger partial charge in [-0.15, -0.1) is 0 Å². The molecule has 2 N–H and O–H groups in total. The standard InChI is InChI=1S/C26H28N4O2/c1-16-13-17(2)29-26(32)23(16)15-28-24(31)14-22-19(4)30(25-21(22)11-8-12-27-25)18(3)20-9-6-5-7-10-20/h5-13,18H,14-15H2,1-4H3,(H,28,31)(H,29,32). The third-order valence-electron chi connectivity index (χ3n) is 6.10. The molecule has 32 heavy (non-hydrogen) atoms. The van der Waals surface area contributed by atoms with E-state index >= 15 is 0 Å². The molecule has 4 rings (SSSR count). The average molecular weight is 429 g/mol. The summed E-state index contributed by atoms with van der Waals surface area (Å²) in [7, 11) is 0. The van der Waals surface area contributed by atoms with Gasteiger partial charge in [0.2, 0.25) is 5.91 Å². The Morgan fingerprint density at radius 3 is 2.56 bits per heavy atom. The average Bonchev–Trinajstić information content (AvgIpc) is 3.04. The molecule has 0 bridgehead atoms. The predicted octanol–water partition coefficient (Wildman–Crippen LogP) is 4.12. The lowest BCUT2D eigenvalue weighted by Gasteiger charge is -2.18. The fourth-order valence-electron chi connectivity index (χ4n) is 4.41. The summed E-state index contributed by atoms with van der Waals surface area (Å²) in [6, 6.07) is 16.2. The number of carbonyl (C=O) groups excluding carboxylic acids is 1. The Hall–Kier alpha value is -3.67. The molecular formula is C26H28N4O2. The zero-order chi connectivity index (χ0) is 22.8. The molecule has 1 unspecified atom stereocenters. The summed E-state index contributed by atoms with van der Waals surface area (Å²) in [4.78, 5) is 32.5. The van der Waals surface area contributed by atoms with Gasteiger partial charge in [-0.1, -0.05) is 30.3 Å². The van der Waals surface area contributed by atoms with Gasteiger partial charge in [0.15, 0.2) is 0 Å². The van der Waals surface area contributed by atoms with Crippen LogP contribution in [0, 0.1) is 20.8 Å². The summed E-state index contributed by atoms with van der Waals surface area (Å²) >= 11 is 0. The number of benzene rings is 1. The number of fused-ring (bicyclic) bond motifs is 1. The molecular weight excluding hydrogens is 400 g/mol. The van der Waals surface area contributed by atoms with Crippen LogP contribution in [-0.4, -0.2) is 20.4 Å². The van der Waals surface area contributed by atoms with Crippen LogP contribution in [-0.2, 0) is 17.8 Å². The van der Waals surface area contributed by atoms with Crippen LogP contribution in [0.5, 0.6) is 0 Å². The van der Waals surface area contributed by atoms with Gasteiger partial charge in [-0.2, -0.15) is 0 Å². The number of nitrogens with zero attached hydrogens (tertiary/aromatic N) is 2. The van der Waals surface area contributed by atoms with Crippen molar-refractivity contribution in [2.24, 2.45) is 0 Å². The molecule has 1 atom stereocenters. The molecule has 4 aromatic rings. The smallest absolute Gasteiger partial charge is 0.253 e. The van der Waals surface area contributed by atoms with Crippen molar-refractivity contribution in [3.63, 3.8) is 0 Å². The van der Waals surface area contributed by atoms with Gasteiger partial charge >= 0.3 is 0 Å². The third kappa shape index (κ3) is 4.08. The molecule has 0 fully saturated rings. The lowest BCUT2D eigenvalue weighted by molar-refractivity contribution is -0.120.